The smallest absolute Gasteiger partial charge is 0.225 e. The third kappa shape index (κ3) is 4.63. The summed E-state index contributed by atoms with van der Waals surface area (Å²) in [4.78, 5) is 11.5. The third-order valence-corrected chi connectivity index (χ3v) is 2.10. The first-order chi connectivity index (χ1) is 7.13. The Morgan fingerprint density at radius 2 is 2.25 bits per heavy atom. The van der Waals surface area contributed by atoms with Crippen molar-refractivity contribution in [1.82, 2.24) is 15.1 Å². The number of nitrogens with one attached hydrogen (secondary N) is 2. The maximum absolute atomic E-state index is 11.5. The van der Waals surface area contributed by atoms with Gasteiger partial charge in [0.15, 0.2) is 0 Å². The van der Waals surface area contributed by atoms with Crippen molar-refractivity contribution < 1.29 is 4.79 Å². The quantitative estimate of drug-likeness (QED) is 0.765. The van der Waals surface area contributed by atoms with Gasteiger partial charge in [0.1, 0.15) is 5.82 Å². The van der Waals surface area contributed by atoms with E-state index in [0.29, 0.717) is 6.42 Å². The molecule has 16 heavy (non-hydrogen) atoms. The van der Waals surface area contributed by atoms with E-state index in [0.717, 1.165) is 24.5 Å². The SMILES string of the molecule is CNCCCC(=O)Nc1cc(C)nn1C.Cl. The molecule has 0 bridgehead atoms. The number of nitrogens with zero attached hydrogens (tertiary/aromatic N) is 2. The number of hydrogen-bond acceptors (Lipinski definition) is 3. The van der Waals surface area contributed by atoms with Crippen molar-refractivity contribution in [3.8, 4) is 0 Å². The summed E-state index contributed by atoms with van der Waals surface area (Å²) in [6.07, 6.45) is 1.38. The zero-order valence-corrected chi connectivity index (χ0v) is 10.7. The Morgan fingerprint density at radius 1 is 1.56 bits per heavy atom. The van der Waals surface area contributed by atoms with Crippen molar-refractivity contribution in [3.05, 3.63) is 11.8 Å². The molecule has 0 saturated heterocycles. The summed E-state index contributed by atoms with van der Waals surface area (Å²) in [6, 6.07) is 1.86. The van der Waals surface area contributed by atoms with Crippen LogP contribution in [0.15, 0.2) is 6.07 Å². The zero-order chi connectivity index (χ0) is 11.3. The summed E-state index contributed by atoms with van der Waals surface area (Å²) >= 11 is 0. The molecular formula is C10H19ClN4O. The van der Waals surface area contributed by atoms with E-state index < -0.39 is 0 Å². The molecule has 5 nitrogen and oxygen atoms in total. The average molecular weight is 247 g/mol. The van der Waals surface area contributed by atoms with Gasteiger partial charge >= 0.3 is 0 Å². The molecule has 6 heteroatoms. The Hall–Kier alpha value is -1.07. The molecule has 0 radical (unpaired) electrons. The summed E-state index contributed by atoms with van der Waals surface area (Å²) in [6.45, 7) is 2.76. The minimum absolute atomic E-state index is 0. The predicted molar refractivity (Wildman–Crippen MR) is 67.0 cm³/mol. The lowest BCUT2D eigenvalue weighted by Crippen LogP contribution is -2.16. The molecular weight excluding hydrogens is 228 g/mol. The van der Waals surface area contributed by atoms with E-state index >= 15 is 0 Å². The molecule has 0 unspecified atom stereocenters. The largest absolute Gasteiger partial charge is 0.320 e. The Balaban J connectivity index is 0.00000225. The van der Waals surface area contributed by atoms with Gasteiger partial charge in [-0.2, -0.15) is 5.10 Å². The van der Waals surface area contributed by atoms with Crippen molar-refractivity contribution in [2.45, 2.75) is 19.8 Å². The number of anilines is 1. The van der Waals surface area contributed by atoms with Crippen molar-refractivity contribution in [2.24, 2.45) is 7.05 Å². The van der Waals surface area contributed by atoms with Crippen molar-refractivity contribution in [1.29, 1.82) is 0 Å². The van der Waals surface area contributed by atoms with Crippen LogP contribution in [0.2, 0.25) is 0 Å². The van der Waals surface area contributed by atoms with Crippen LogP contribution < -0.4 is 10.6 Å². The normalized spacial score (nSPS) is 9.69. The summed E-state index contributed by atoms with van der Waals surface area (Å²) in [5.41, 5.74) is 0.906. The van der Waals surface area contributed by atoms with E-state index in [1.165, 1.54) is 0 Å². The minimum Gasteiger partial charge on any atom is -0.320 e. The second kappa shape index (κ2) is 7.24. The van der Waals surface area contributed by atoms with Gasteiger partial charge < -0.3 is 10.6 Å². The van der Waals surface area contributed by atoms with Crippen LogP contribution in [0.5, 0.6) is 0 Å². The molecule has 0 spiro atoms. The highest BCUT2D eigenvalue weighted by molar-refractivity contribution is 5.89. The Kier molecular flexibility index (Phi) is 6.76. The molecule has 0 saturated carbocycles. The van der Waals surface area contributed by atoms with Crippen LogP contribution >= 0.6 is 12.4 Å². The second-order valence-electron chi connectivity index (χ2n) is 3.55. The fourth-order valence-corrected chi connectivity index (χ4v) is 1.36. The molecule has 1 rings (SSSR count). The van der Waals surface area contributed by atoms with E-state index in [-0.39, 0.29) is 18.3 Å². The number of carbonyl (C=O) groups is 1. The molecule has 0 aliphatic carbocycles. The number of hydrogen-bond donors (Lipinski definition) is 2. The van der Waals surface area contributed by atoms with E-state index in [1.807, 2.05) is 27.1 Å². The molecule has 0 fully saturated rings. The number of aromatic nitrogens is 2. The van der Waals surface area contributed by atoms with Gasteiger partial charge in [-0.25, -0.2) is 0 Å². The van der Waals surface area contributed by atoms with Crippen LogP contribution in [-0.4, -0.2) is 29.3 Å². The highest BCUT2D eigenvalue weighted by Gasteiger charge is 2.06. The molecule has 2 N–H and O–H groups in total. The number of aryl methyl sites for hydroxylation is 2. The molecule has 1 amide bonds. The highest BCUT2D eigenvalue weighted by atomic mass is 35.5. The van der Waals surface area contributed by atoms with Gasteiger partial charge in [0.05, 0.1) is 5.69 Å². The summed E-state index contributed by atoms with van der Waals surface area (Å²) < 4.78 is 1.67. The Labute approximate surface area is 102 Å². The van der Waals surface area contributed by atoms with Gasteiger partial charge in [0, 0.05) is 19.5 Å². The topological polar surface area (TPSA) is 59.0 Å². The molecule has 1 heterocycles. The second-order valence-corrected chi connectivity index (χ2v) is 3.55. The van der Waals surface area contributed by atoms with E-state index in [2.05, 4.69) is 15.7 Å². The summed E-state index contributed by atoms with van der Waals surface area (Å²) in [5.74, 6) is 0.787. The fraction of sp³-hybridized carbons (Fsp3) is 0.600. The lowest BCUT2D eigenvalue weighted by Gasteiger charge is -2.04. The molecule has 0 aliphatic rings. The van der Waals surface area contributed by atoms with Gasteiger partial charge in [-0.3, -0.25) is 9.48 Å². The van der Waals surface area contributed by atoms with Gasteiger partial charge in [-0.15, -0.1) is 12.4 Å². The lowest BCUT2D eigenvalue weighted by atomic mass is 10.3. The average Bonchev–Trinajstić information content (AvgIpc) is 2.45. The maximum atomic E-state index is 11.5. The standard InChI is InChI=1S/C10H18N4O.ClH/c1-8-7-9(14(3)13-8)12-10(15)5-4-6-11-2;/h7,11H,4-6H2,1-3H3,(H,12,15);1H. The van der Waals surface area contributed by atoms with Gasteiger partial charge in [-0.05, 0) is 26.9 Å². The predicted octanol–water partition coefficient (Wildman–Crippen LogP) is 1.09. The molecule has 0 aliphatic heterocycles. The first-order valence-electron chi connectivity index (χ1n) is 5.08. The monoisotopic (exact) mass is 246 g/mol. The van der Waals surface area contributed by atoms with E-state index in [1.54, 1.807) is 4.68 Å². The molecule has 1 aromatic rings. The first kappa shape index (κ1) is 14.9. The van der Waals surface area contributed by atoms with Crippen LogP contribution in [0.1, 0.15) is 18.5 Å². The van der Waals surface area contributed by atoms with Gasteiger partial charge in [-0.1, -0.05) is 0 Å². The molecule has 92 valence electrons. The van der Waals surface area contributed by atoms with Crippen LogP contribution in [-0.2, 0) is 11.8 Å². The van der Waals surface area contributed by atoms with E-state index in [9.17, 15) is 4.79 Å². The molecule has 0 atom stereocenters. The Morgan fingerprint density at radius 3 is 2.75 bits per heavy atom. The molecule has 1 aromatic heterocycles. The van der Waals surface area contributed by atoms with Crippen molar-refractivity contribution in [3.63, 3.8) is 0 Å². The fourth-order valence-electron chi connectivity index (χ4n) is 1.36. The Bertz CT molecular complexity index is 338. The number of amides is 1. The lowest BCUT2D eigenvalue weighted by molar-refractivity contribution is -0.116. The van der Waals surface area contributed by atoms with Crippen LogP contribution in [0.25, 0.3) is 0 Å². The number of carbonyl (C=O) groups excluding carboxylic acids is 1. The van der Waals surface area contributed by atoms with E-state index in [4.69, 9.17) is 0 Å². The zero-order valence-electron chi connectivity index (χ0n) is 9.91. The number of rotatable bonds is 5. The highest BCUT2D eigenvalue weighted by Crippen LogP contribution is 2.08. The minimum atomic E-state index is 0. The third-order valence-electron chi connectivity index (χ3n) is 2.10. The van der Waals surface area contributed by atoms with Crippen LogP contribution in [0.3, 0.4) is 0 Å². The van der Waals surface area contributed by atoms with Gasteiger partial charge in [0.25, 0.3) is 0 Å². The van der Waals surface area contributed by atoms with Crippen LogP contribution in [0, 0.1) is 6.92 Å². The van der Waals surface area contributed by atoms with Crippen LogP contribution in [0.4, 0.5) is 5.82 Å². The molecule has 0 aromatic carbocycles. The maximum Gasteiger partial charge on any atom is 0.225 e. The van der Waals surface area contributed by atoms with Crippen molar-refractivity contribution >= 4 is 24.1 Å². The summed E-state index contributed by atoms with van der Waals surface area (Å²) in [7, 11) is 3.69. The van der Waals surface area contributed by atoms with Crippen molar-refractivity contribution in [2.75, 3.05) is 18.9 Å². The first-order valence-corrected chi connectivity index (χ1v) is 5.08. The van der Waals surface area contributed by atoms with Gasteiger partial charge in [0.2, 0.25) is 5.91 Å². The number of halogens is 1. The summed E-state index contributed by atoms with van der Waals surface area (Å²) in [5, 5.41) is 9.98.